The molecule has 1 atom stereocenters. The molecular formula is C28H23INO2P. The van der Waals surface area contributed by atoms with Crippen molar-refractivity contribution < 1.29 is 33.5 Å². The number of rotatable bonds is 5. The third-order valence-electron chi connectivity index (χ3n) is 6.00. The number of carbonyl (C=O) groups is 1. The molecule has 0 saturated heterocycles. The van der Waals surface area contributed by atoms with Gasteiger partial charge < -0.3 is 28.7 Å². The molecule has 5 rings (SSSR count). The van der Waals surface area contributed by atoms with Gasteiger partial charge in [0, 0.05) is 12.5 Å². The first-order chi connectivity index (χ1) is 15.7. The Labute approximate surface area is 211 Å². The second kappa shape index (κ2) is 9.58. The zero-order valence-electron chi connectivity index (χ0n) is 18.1. The summed E-state index contributed by atoms with van der Waals surface area (Å²) >= 11 is 0. The molecule has 0 aliphatic carbocycles. The van der Waals surface area contributed by atoms with Crippen molar-refractivity contribution in [2.45, 2.75) is 12.2 Å². The van der Waals surface area contributed by atoms with Crippen LogP contribution in [0.3, 0.4) is 0 Å². The number of esters is 1. The van der Waals surface area contributed by atoms with E-state index in [0.717, 1.165) is 21.5 Å². The van der Waals surface area contributed by atoms with Gasteiger partial charge in [0.05, 0.1) is 0 Å². The van der Waals surface area contributed by atoms with Gasteiger partial charge in [0.1, 0.15) is 15.9 Å². The normalized spacial score (nSPS) is 17.6. The van der Waals surface area contributed by atoms with Crippen LogP contribution in [-0.4, -0.2) is 17.1 Å². The van der Waals surface area contributed by atoms with Crippen molar-refractivity contribution in [3.05, 3.63) is 127 Å². The summed E-state index contributed by atoms with van der Waals surface area (Å²) < 4.78 is 5.87. The molecule has 33 heavy (non-hydrogen) atoms. The van der Waals surface area contributed by atoms with Crippen LogP contribution in [0.25, 0.3) is 0 Å². The number of hydrogen-bond donors (Lipinski definition) is 0. The average Bonchev–Trinajstić information content (AvgIpc) is 3.17. The topological polar surface area (TPSA) is 38.7 Å². The highest BCUT2D eigenvalue weighted by atomic mass is 127. The zero-order valence-corrected chi connectivity index (χ0v) is 21.2. The highest BCUT2D eigenvalue weighted by molar-refractivity contribution is 7.97. The third-order valence-corrected chi connectivity index (χ3v) is 10.8. The van der Waals surface area contributed by atoms with Gasteiger partial charge in [-0.05, 0) is 48.5 Å². The number of carbonyl (C=O) groups excluding carboxylic acids is 1. The lowest BCUT2D eigenvalue weighted by Crippen LogP contribution is -3.00. The molecule has 0 spiro atoms. The van der Waals surface area contributed by atoms with E-state index >= 15 is 0 Å². The first kappa shape index (κ1) is 23.3. The lowest BCUT2D eigenvalue weighted by molar-refractivity contribution is -0.135. The first-order valence-corrected chi connectivity index (χ1v) is 12.4. The molecule has 164 valence electrons. The van der Waals surface area contributed by atoms with E-state index in [4.69, 9.17) is 9.73 Å². The minimum Gasteiger partial charge on any atom is -1.00 e. The Morgan fingerprint density at radius 1 is 0.636 bits per heavy atom. The Morgan fingerprint density at radius 2 is 1.00 bits per heavy atom. The molecule has 1 heterocycles. The maximum absolute atomic E-state index is 13.7. The molecule has 0 aromatic heterocycles. The van der Waals surface area contributed by atoms with E-state index < -0.39 is 12.5 Å². The van der Waals surface area contributed by atoms with Gasteiger partial charge in [-0.3, -0.25) is 0 Å². The standard InChI is InChI=1S/C28H23NO2P.HI/c1-28(27(30)31-26(29-28)22-14-6-2-7-15-22)32(23-16-8-3-9-17-23,24-18-10-4-11-19-24)25-20-12-5-13-21-25;/h2-21H,1H3;1H/q+1;/p-1. The third kappa shape index (κ3) is 3.81. The summed E-state index contributed by atoms with van der Waals surface area (Å²) in [6.07, 6.45) is 0. The van der Waals surface area contributed by atoms with Crippen LogP contribution in [0.1, 0.15) is 12.5 Å². The molecule has 0 amide bonds. The number of cyclic esters (lactones) is 1. The molecule has 4 aromatic rings. The molecule has 4 aromatic carbocycles. The fraction of sp³-hybridized carbons (Fsp3) is 0.0714. The van der Waals surface area contributed by atoms with E-state index in [9.17, 15) is 4.79 Å². The SMILES string of the molecule is CC1([P+](c2ccccc2)(c2ccccc2)c2ccccc2)N=C(c2ccccc2)OC1=O.[I-]. The Kier molecular flexibility index (Phi) is 6.78. The molecule has 0 saturated carbocycles. The first-order valence-electron chi connectivity index (χ1n) is 10.6. The van der Waals surface area contributed by atoms with Crippen molar-refractivity contribution >= 4 is 35.0 Å². The Morgan fingerprint density at radius 3 is 1.39 bits per heavy atom. The van der Waals surface area contributed by atoms with E-state index in [1.165, 1.54) is 0 Å². The van der Waals surface area contributed by atoms with Crippen molar-refractivity contribution in [3.8, 4) is 0 Å². The van der Waals surface area contributed by atoms with Gasteiger partial charge in [0.25, 0.3) is 5.28 Å². The second-order valence-corrected chi connectivity index (χ2v) is 11.6. The molecule has 0 N–H and O–H groups in total. The van der Waals surface area contributed by atoms with Gasteiger partial charge in [0.2, 0.25) is 5.90 Å². The van der Waals surface area contributed by atoms with Crippen molar-refractivity contribution in [1.82, 2.24) is 0 Å². The summed E-state index contributed by atoms with van der Waals surface area (Å²) in [5.41, 5.74) is 0.803. The Balaban J connectivity index is 0.00000259. The van der Waals surface area contributed by atoms with Crippen LogP contribution in [0.4, 0.5) is 0 Å². The van der Waals surface area contributed by atoms with Gasteiger partial charge in [-0.2, -0.15) is 4.99 Å². The molecular weight excluding hydrogens is 540 g/mol. The second-order valence-electron chi connectivity index (χ2n) is 7.87. The molecule has 0 bridgehead atoms. The maximum atomic E-state index is 13.7. The fourth-order valence-electron chi connectivity index (χ4n) is 4.52. The highest BCUT2D eigenvalue weighted by Gasteiger charge is 2.68. The Bertz CT molecular complexity index is 1170. The minimum absolute atomic E-state index is 0. The van der Waals surface area contributed by atoms with Crippen LogP contribution in [0, 0.1) is 0 Å². The number of ether oxygens (including phenoxy) is 1. The van der Waals surface area contributed by atoms with E-state index in [1.807, 2.05) is 91.9 Å². The summed E-state index contributed by atoms with van der Waals surface area (Å²) in [5.74, 6) is 0.0616. The summed E-state index contributed by atoms with van der Waals surface area (Å²) in [7, 11) is -2.59. The summed E-state index contributed by atoms with van der Waals surface area (Å²) in [6, 6.07) is 40.5. The largest absolute Gasteiger partial charge is 1.00 e. The van der Waals surface area contributed by atoms with Gasteiger partial charge >= 0.3 is 5.97 Å². The van der Waals surface area contributed by atoms with Crippen molar-refractivity contribution in [3.63, 3.8) is 0 Å². The van der Waals surface area contributed by atoms with Crippen LogP contribution >= 0.6 is 7.26 Å². The van der Waals surface area contributed by atoms with E-state index in [2.05, 4.69) is 36.4 Å². The minimum atomic E-state index is -2.59. The number of hydrogen-bond acceptors (Lipinski definition) is 3. The lowest BCUT2D eigenvalue weighted by Gasteiger charge is -2.35. The van der Waals surface area contributed by atoms with Crippen molar-refractivity contribution in [2.75, 3.05) is 0 Å². The van der Waals surface area contributed by atoms with E-state index in [0.29, 0.717) is 5.90 Å². The Hall–Kier alpha value is -2.82. The van der Waals surface area contributed by atoms with Crippen LogP contribution < -0.4 is 39.9 Å². The number of halogens is 1. The van der Waals surface area contributed by atoms with Crippen LogP contribution in [0.2, 0.25) is 0 Å². The number of aliphatic imine (C=N–C) groups is 1. The van der Waals surface area contributed by atoms with Gasteiger partial charge in [-0.25, -0.2) is 4.79 Å². The van der Waals surface area contributed by atoms with Crippen LogP contribution in [-0.2, 0) is 9.53 Å². The van der Waals surface area contributed by atoms with Crippen LogP contribution in [0.5, 0.6) is 0 Å². The molecule has 1 aliphatic heterocycles. The van der Waals surface area contributed by atoms with Gasteiger partial charge in [-0.15, -0.1) is 0 Å². The molecule has 1 unspecified atom stereocenters. The summed E-state index contributed by atoms with van der Waals surface area (Å²) in [6.45, 7) is 1.94. The average molecular weight is 563 g/mol. The molecule has 0 fully saturated rings. The molecule has 5 heteroatoms. The zero-order chi connectivity index (χ0) is 22.0. The quantitative estimate of drug-likeness (QED) is 0.211. The fourth-order valence-corrected chi connectivity index (χ4v) is 9.34. The van der Waals surface area contributed by atoms with Crippen LogP contribution in [0.15, 0.2) is 126 Å². The number of nitrogens with zero attached hydrogens (tertiary/aromatic N) is 1. The monoisotopic (exact) mass is 563 g/mol. The van der Waals surface area contributed by atoms with E-state index in [-0.39, 0.29) is 29.9 Å². The predicted molar refractivity (Wildman–Crippen MR) is 133 cm³/mol. The summed E-state index contributed by atoms with van der Waals surface area (Å²) in [5, 5.41) is 2.17. The molecule has 3 nitrogen and oxygen atoms in total. The van der Waals surface area contributed by atoms with Crippen molar-refractivity contribution in [2.24, 2.45) is 4.99 Å². The summed E-state index contributed by atoms with van der Waals surface area (Å²) in [4.78, 5) is 18.8. The molecule has 0 radical (unpaired) electrons. The smallest absolute Gasteiger partial charge is 0.381 e. The molecule has 1 aliphatic rings. The van der Waals surface area contributed by atoms with E-state index in [1.54, 1.807) is 0 Å². The maximum Gasteiger partial charge on any atom is 0.381 e. The number of benzene rings is 4. The van der Waals surface area contributed by atoms with Gasteiger partial charge in [0.15, 0.2) is 7.26 Å². The predicted octanol–water partition coefficient (Wildman–Crippen LogP) is 1.70. The van der Waals surface area contributed by atoms with Crippen molar-refractivity contribution in [1.29, 1.82) is 0 Å². The lowest BCUT2D eigenvalue weighted by atomic mass is 10.2. The van der Waals surface area contributed by atoms with Gasteiger partial charge in [-0.1, -0.05) is 72.8 Å². The highest BCUT2D eigenvalue weighted by Crippen LogP contribution is 2.67.